The number of halogens is 2. The molecule has 7 nitrogen and oxygen atoms in total. The lowest BCUT2D eigenvalue weighted by molar-refractivity contribution is -0.157. The van der Waals surface area contributed by atoms with Crippen molar-refractivity contribution >= 4 is 37.9 Å². The highest BCUT2D eigenvalue weighted by Crippen LogP contribution is 2.30. The van der Waals surface area contributed by atoms with Crippen LogP contribution in [0.25, 0.3) is 0 Å². The van der Waals surface area contributed by atoms with Crippen molar-refractivity contribution in [2.24, 2.45) is 0 Å². The van der Waals surface area contributed by atoms with Crippen LogP contribution in [0.4, 0.5) is 0 Å². The SMILES string of the molecule is CCC(CC)OC(=O)[C@@H](C)Oc1ccc(Oc2ncc(Cl)cc2Cl)cc1.O=[PH2]O. The van der Waals surface area contributed by atoms with Crippen molar-refractivity contribution in [3.05, 3.63) is 46.6 Å². The Hall–Kier alpha value is -1.79. The standard InChI is InChI=1S/C19H21Cl2NO4.H3O2P/c1-4-14(5-2)26-19(23)12(3)24-15-6-8-16(9-7-15)25-18-17(21)10-13(20)11-22-18;1-3-2/h6-12,14H,4-5H2,1-3H3;3H2,(H,1,2)/t12-;/m1./s1. The third-order valence-electron chi connectivity index (χ3n) is 3.65. The number of aromatic nitrogens is 1. The van der Waals surface area contributed by atoms with Gasteiger partial charge in [-0.3, -0.25) is 4.57 Å². The summed E-state index contributed by atoms with van der Waals surface area (Å²) in [6, 6.07) is 8.33. The zero-order chi connectivity index (χ0) is 21.8. The van der Waals surface area contributed by atoms with Crippen LogP contribution in [0, 0.1) is 0 Å². The van der Waals surface area contributed by atoms with Crippen LogP contribution in [-0.4, -0.2) is 28.1 Å². The van der Waals surface area contributed by atoms with Crippen molar-refractivity contribution in [3.8, 4) is 17.4 Å². The average molecular weight is 464 g/mol. The molecule has 29 heavy (non-hydrogen) atoms. The van der Waals surface area contributed by atoms with Crippen molar-refractivity contribution in [1.29, 1.82) is 0 Å². The monoisotopic (exact) mass is 463 g/mol. The fraction of sp³-hybridized carbons (Fsp3) is 0.368. The molecule has 0 saturated heterocycles. The first-order chi connectivity index (χ1) is 13.8. The fourth-order valence-corrected chi connectivity index (χ4v) is 2.56. The Bertz CT molecular complexity index is 787. The van der Waals surface area contributed by atoms with E-state index in [1.807, 2.05) is 13.8 Å². The van der Waals surface area contributed by atoms with Gasteiger partial charge in [-0.25, -0.2) is 9.78 Å². The zero-order valence-electron chi connectivity index (χ0n) is 16.3. The summed E-state index contributed by atoms with van der Waals surface area (Å²) < 4.78 is 25.2. The molecule has 0 aliphatic rings. The van der Waals surface area contributed by atoms with Crippen molar-refractivity contribution < 1.29 is 28.5 Å². The molecule has 2 rings (SSSR count). The van der Waals surface area contributed by atoms with E-state index < -0.39 is 14.8 Å². The van der Waals surface area contributed by atoms with Gasteiger partial charge in [0.25, 0.3) is 0 Å². The minimum absolute atomic E-state index is 0.0825. The summed E-state index contributed by atoms with van der Waals surface area (Å²) in [7, 11) is -1.50. The van der Waals surface area contributed by atoms with Crippen molar-refractivity contribution in [2.75, 3.05) is 0 Å². The first-order valence-electron chi connectivity index (χ1n) is 8.88. The Labute approximate surface area is 181 Å². The molecule has 1 aromatic heterocycles. The fourth-order valence-electron chi connectivity index (χ4n) is 2.14. The van der Waals surface area contributed by atoms with Crippen LogP contribution in [0.2, 0.25) is 10.0 Å². The Kier molecular flexibility index (Phi) is 11.7. The summed E-state index contributed by atoms with van der Waals surface area (Å²) in [5, 5.41) is 0.746. The van der Waals surface area contributed by atoms with Crippen LogP contribution in [0.3, 0.4) is 0 Å². The number of benzene rings is 1. The van der Waals surface area contributed by atoms with Gasteiger partial charge in [-0.15, -0.1) is 0 Å². The second-order valence-electron chi connectivity index (χ2n) is 5.75. The van der Waals surface area contributed by atoms with E-state index in [0.29, 0.717) is 21.5 Å². The number of carbonyl (C=O) groups excluding carboxylic acids is 1. The minimum atomic E-state index is -1.50. The molecular formula is C19H24Cl2NO6P. The molecule has 1 aromatic carbocycles. The molecular weight excluding hydrogens is 440 g/mol. The summed E-state index contributed by atoms with van der Waals surface area (Å²) in [6.07, 6.45) is 2.23. The van der Waals surface area contributed by atoms with E-state index in [4.69, 9.17) is 46.9 Å². The second-order valence-corrected chi connectivity index (χ2v) is 6.81. The molecule has 0 bridgehead atoms. The number of esters is 1. The highest BCUT2D eigenvalue weighted by Gasteiger charge is 2.19. The molecule has 0 aliphatic heterocycles. The van der Waals surface area contributed by atoms with Gasteiger partial charge in [-0.1, -0.05) is 37.0 Å². The van der Waals surface area contributed by atoms with Crippen LogP contribution < -0.4 is 9.47 Å². The average Bonchev–Trinajstić information content (AvgIpc) is 2.70. The van der Waals surface area contributed by atoms with Crippen LogP contribution in [0.1, 0.15) is 33.6 Å². The Morgan fingerprint density at radius 3 is 2.24 bits per heavy atom. The van der Waals surface area contributed by atoms with Gasteiger partial charge >= 0.3 is 5.97 Å². The molecule has 0 saturated carbocycles. The summed E-state index contributed by atoms with van der Waals surface area (Å²) >= 11 is 11.8. The normalized spacial score (nSPS) is 11.7. The maximum Gasteiger partial charge on any atom is 0.347 e. The number of pyridine rings is 1. The molecule has 1 unspecified atom stereocenters. The van der Waals surface area contributed by atoms with E-state index in [-0.39, 0.29) is 18.0 Å². The number of hydrogen-bond acceptors (Lipinski definition) is 6. The summed E-state index contributed by atoms with van der Waals surface area (Å²) in [4.78, 5) is 23.2. The van der Waals surface area contributed by atoms with E-state index in [0.717, 1.165) is 12.8 Å². The number of carbonyl (C=O) groups is 1. The molecule has 0 fully saturated rings. The minimum Gasteiger partial charge on any atom is -0.479 e. The molecule has 0 radical (unpaired) electrons. The topological polar surface area (TPSA) is 95.0 Å². The predicted molar refractivity (Wildman–Crippen MR) is 114 cm³/mol. The summed E-state index contributed by atoms with van der Waals surface area (Å²) in [5.41, 5.74) is 0. The third kappa shape index (κ3) is 9.05. The largest absolute Gasteiger partial charge is 0.479 e. The smallest absolute Gasteiger partial charge is 0.347 e. The lowest BCUT2D eigenvalue weighted by atomic mass is 10.2. The van der Waals surface area contributed by atoms with Crippen molar-refractivity contribution in [1.82, 2.24) is 4.98 Å². The lowest BCUT2D eigenvalue weighted by Gasteiger charge is -2.18. The third-order valence-corrected chi connectivity index (χ3v) is 4.13. The van der Waals surface area contributed by atoms with Crippen LogP contribution >= 0.6 is 31.9 Å². The molecule has 1 heterocycles. The number of ether oxygens (including phenoxy) is 3. The molecule has 0 aliphatic carbocycles. The van der Waals surface area contributed by atoms with E-state index in [1.54, 1.807) is 37.3 Å². The number of nitrogens with zero attached hydrogens (tertiary/aromatic N) is 1. The van der Waals surface area contributed by atoms with Gasteiger partial charge in [0, 0.05) is 6.20 Å². The van der Waals surface area contributed by atoms with Gasteiger partial charge < -0.3 is 19.1 Å². The van der Waals surface area contributed by atoms with E-state index >= 15 is 0 Å². The second kappa shape index (κ2) is 13.4. The first kappa shape index (κ1) is 25.2. The maximum atomic E-state index is 12.0. The van der Waals surface area contributed by atoms with Gasteiger partial charge in [0.1, 0.15) is 22.6 Å². The summed E-state index contributed by atoms with van der Waals surface area (Å²) in [6.45, 7) is 5.62. The van der Waals surface area contributed by atoms with Crippen LogP contribution in [0.15, 0.2) is 36.5 Å². The molecule has 1 N–H and O–H groups in total. The van der Waals surface area contributed by atoms with Gasteiger partial charge in [-0.05, 0) is 50.1 Å². The maximum absolute atomic E-state index is 12.0. The van der Waals surface area contributed by atoms with Gasteiger partial charge in [0.2, 0.25) is 5.88 Å². The Balaban J connectivity index is 0.00000132. The molecule has 0 spiro atoms. The Morgan fingerprint density at radius 2 is 1.72 bits per heavy atom. The lowest BCUT2D eigenvalue weighted by Crippen LogP contribution is -2.29. The van der Waals surface area contributed by atoms with E-state index in [2.05, 4.69) is 4.98 Å². The highest BCUT2D eigenvalue weighted by atomic mass is 35.5. The molecule has 2 aromatic rings. The zero-order valence-corrected chi connectivity index (χ0v) is 19.0. The highest BCUT2D eigenvalue weighted by molar-refractivity contribution is 7.16. The van der Waals surface area contributed by atoms with E-state index in [1.165, 1.54) is 6.20 Å². The molecule has 0 amide bonds. The van der Waals surface area contributed by atoms with Gasteiger partial charge in [-0.2, -0.15) is 0 Å². The summed E-state index contributed by atoms with van der Waals surface area (Å²) in [5.74, 6) is 0.936. The van der Waals surface area contributed by atoms with Crippen LogP contribution in [0.5, 0.6) is 17.4 Å². The first-order valence-corrected chi connectivity index (χ1v) is 10.6. The quantitative estimate of drug-likeness (QED) is 0.417. The molecule has 160 valence electrons. The van der Waals surface area contributed by atoms with Gasteiger partial charge in [0.05, 0.1) is 5.02 Å². The Morgan fingerprint density at radius 1 is 1.17 bits per heavy atom. The molecule has 10 heteroatoms. The number of hydrogen-bond donors (Lipinski definition) is 1. The van der Waals surface area contributed by atoms with Crippen molar-refractivity contribution in [2.45, 2.75) is 45.8 Å². The predicted octanol–water partition coefficient (Wildman–Crippen LogP) is 5.33. The van der Waals surface area contributed by atoms with E-state index in [9.17, 15) is 4.79 Å². The molecule has 2 atom stereocenters. The van der Waals surface area contributed by atoms with Crippen molar-refractivity contribution in [3.63, 3.8) is 0 Å². The van der Waals surface area contributed by atoms with Crippen LogP contribution in [-0.2, 0) is 14.1 Å². The number of rotatable bonds is 8. The van der Waals surface area contributed by atoms with Gasteiger partial charge in [0.15, 0.2) is 14.8 Å².